The SMILES string of the molecule is Cc1nc(-c2c(C(F)(F)F)ccc(CNC(=O)C3CCN(c4ccc(Cl)cn4)CC3)c2F)[nH]c(=O)c1C. The van der Waals surface area contributed by atoms with Gasteiger partial charge in [-0.15, -0.1) is 0 Å². The smallest absolute Gasteiger partial charge is 0.357 e. The lowest BCUT2D eigenvalue weighted by molar-refractivity contribution is -0.137. The molecule has 0 unspecified atom stereocenters. The fraction of sp³-hybridized carbons (Fsp3) is 0.360. The van der Waals surface area contributed by atoms with Crippen molar-refractivity contribution in [2.75, 3.05) is 18.0 Å². The highest BCUT2D eigenvalue weighted by Gasteiger charge is 2.37. The van der Waals surface area contributed by atoms with Gasteiger partial charge in [0.15, 0.2) is 0 Å². The third-order valence-corrected chi connectivity index (χ3v) is 6.74. The number of hydrogen-bond acceptors (Lipinski definition) is 5. The summed E-state index contributed by atoms with van der Waals surface area (Å²) < 4.78 is 56.5. The van der Waals surface area contributed by atoms with Crippen molar-refractivity contribution in [1.82, 2.24) is 20.3 Å². The minimum absolute atomic E-state index is 0.153. The average Bonchev–Trinajstić information content (AvgIpc) is 2.86. The number of benzene rings is 1. The highest BCUT2D eigenvalue weighted by molar-refractivity contribution is 6.30. The van der Waals surface area contributed by atoms with Gasteiger partial charge in [0.25, 0.3) is 5.56 Å². The van der Waals surface area contributed by atoms with E-state index >= 15 is 4.39 Å². The van der Waals surface area contributed by atoms with Crippen molar-refractivity contribution in [2.24, 2.45) is 5.92 Å². The van der Waals surface area contributed by atoms with Gasteiger partial charge < -0.3 is 15.2 Å². The molecule has 1 amide bonds. The number of carbonyl (C=O) groups excluding carboxylic acids is 1. The molecular weight excluding hydrogens is 514 g/mol. The largest absolute Gasteiger partial charge is 0.417 e. The lowest BCUT2D eigenvalue weighted by Gasteiger charge is -2.32. The van der Waals surface area contributed by atoms with E-state index < -0.39 is 34.5 Å². The molecular formula is C25H24ClF4N5O2. The Bertz CT molecular complexity index is 1370. The van der Waals surface area contributed by atoms with Crippen LogP contribution in [0.4, 0.5) is 23.4 Å². The van der Waals surface area contributed by atoms with Crippen LogP contribution in [0.25, 0.3) is 11.4 Å². The maximum Gasteiger partial charge on any atom is 0.417 e. The van der Waals surface area contributed by atoms with Gasteiger partial charge in [0, 0.05) is 48.6 Å². The van der Waals surface area contributed by atoms with Gasteiger partial charge in [-0.25, -0.2) is 14.4 Å². The molecule has 0 aliphatic carbocycles. The number of rotatable bonds is 5. The van der Waals surface area contributed by atoms with Gasteiger partial charge in [0.1, 0.15) is 17.5 Å². The number of aromatic nitrogens is 3. The van der Waals surface area contributed by atoms with Gasteiger partial charge in [-0.1, -0.05) is 17.7 Å². The van der Waals surface area contributed by atoms with Gasteiger partial charge in [-0.3, -0.25) is 9.59 Å². The maximum absolute atomic E-state index is 15.4. The summed E-state index contributed by atoms with van der Waals surface area (Å²) >= 11 is 5.87. The zero-order valence-electron chi connectivity index (χ0n) is 20.0. The van der Waals surface area contributed by atoms with Crippen LogP contribution in [0, 0.1) is 25.6 Å². The van der Waals surface area contributed by atoms with Crippen LogP contribution in [0.2, 0.25) is 5.02 Å². The first-order valence-electron chi connectivity index (χ1n) is 11.6. The number of H-pyrrole nitrogens is 1. The van der Waals surface area contributed by atoms with E-state index in [2.05, 4.69) is 20.3 Å². The number of nitrogens with one attached hydrogen (secondary N) is 2. The summed E-state index contributed by atoms with van der Waals surface area (Å²) in [6, 6.07) is 5.24. The number of anilines is 1. The fourth-order valence-electron chi connectivity index (χ4n) is 4.24. The first-order chi connectivity index (χ1) is 17.5. The van der Waals surface area contributed by atoms with Gasteiger partial charge in [0.2, 0.25) is 5.91 Å². The molecule has 4 rings (SSSR count). The lowest BCUT2D eigenvalue weighted by Crippen LogP contribution is -2.40. The van der Waals surface area contributed by atoms with E-state index in [9.17, 15) is 22.8 Å². The Kier molecular flexibility index (Phi) is 7.54. The van der Waals surface area contributed by atoms with Gasteiger partial charge in [0.05, 0.1) is 16.1 Å². The van der Waals surface area contributed by atoms with Gasteiger partial charge >= 0.3 is 6.18 Å². The Balaban J connectivity index is 1.50. The van der Waals surface area contributed by atoms with E-state index in [1.54, 1.807) is 18.3 Å². The van der Waals surface area contributed by atoms with Crippen LogP contribution in [0.1, 0.15) is 35.2 Å². The molecule has 0 spiro atoms. The standard InChI is InChI=1S/C25H24ClF4N5O2/c1-13-14(2)33-22(34-23(13)36)20-18(25(28,29)30)5-3-16(21(20)27)11-32-24(37)15-7-9-35(10-8-15)19-6-4-17(26)12-31-19/h3-6,12,15H,7-11H2,1-2H3,(H,32,37)(H,33,34,36). The molecule has 2 N–H and O–H groups in total. The van der Waals surface area contributed by atoms with Crippen molar-refractivity contribution in [3.63, 3.8) is 0 Å². The molecule has 2 aromatic heterocycles. The summed E-state index contributed by atoms with van der Waals surface area (Å²) in [5.74, 6) is -1.62. The van der Waals surface area contributed by atoms with Crippen molar-refractivity contribution in [3.05, 3.63) is 74.0 Å². The monoisotopic (exact) mass is 537 g/mol. The molecule has 3 heterocycles. The van der Waals surface area contributed by atoms with E-state index in [0.717, 1.165) is 18.0 Å². The van der Waals surface area contributed by atoms with Crippen LogP contribution in [0.3, 0.4) is 0 Å². The molecule has 0 saturated carbocycles. The van der Waals surface area contributed by atoms with E-state index in [-0.39, 0.29) is 35.2 Å². The van der Waals surface area contributed by atoms with Crippen molar-refractivity contribution in [3.8, 4) is 11.4 Å². The number of nitrogens with zero attached hydrogens (tertiary/aromatic N) is 3. The quantitative estimate of drug-likeness (QED) is 0.457. The molecule has 0 bridgehead atoms. The molecule has 1 aliphatic heterocycles. The summed E-state index contributed by atoms with van der Waals surface area (Å²) in [5.41, 5.74) is -2.53. The zero-order valence-corrected chi connectivity index (χ0v) is 20.8. The third-order valence-electron chi connectivity index (χ3n) is 6.51. The van der Waals surface area contributed by atoms with Crippen LogP contribution >= 0.6 is 11.6 Å². The molecule has 1 saturated heterocycles. The zero-order chi connectivity index (χ0) is 26.9. The van der Waals surface area contributed by atoms with Crippen LogP contribution in [-0.2, 0) is 17.5 Å². The predicted octanol–water partition coefficient (Wildman–Crippen LogP) is 4.79. The molecule has 0 atom stereocenters. The number of piperidine rings is 1. The Labute approximate surface area is 214 Å². The highest BCUT2D eigenvalue weighted by atomic mass is 35.5. The number of hydrogen-bond donors (Lipinski definition) is 2. The summed E-state index contributed by atoms with van der Waals surface area (Å²) in [4.78, 5) is 37.4. The minimum atomic E-state index is -4.89. The van der Waals surface area contributed by atoms with Gasteiger partial charge in [-0.2, -0.15) is 13.2 Å². The Hall–Kier alpha value is -3.47. The second-order valence-electron chi connectivity index (χ2n) is 8.90. The number of aryl methyl sites for hydroxylation is 1. The molecule has 12 heteroatoms. The van der Waals surface area contributed by atoms with Gasteiger partial charge in [-0.05, 0) is 44.9 Å². The van der Waals surface area contributed by atoms with E-state index in [4.69, 9.17) is 11.6 Å². The third kappa shape index (κ3) is 5.76. The molecule has 3 aromatic rings. The maximum atomic E-state index is 15.4. The fourth-order valence-corrected chi connectivity index (χ4v) is 4.35. The number of amides is 1. The first-order valence-corrected chi connectivity index (χ1v) is 11.9. The minimum Gasteiger partial charge on any atom is -0.357 e. The molecule has 1 aromatic carbocycles. The van der Waals surface area contributed by atoms with Crippen molar-refractivity contribution in [2.45, 2.75) is 39.4 Å². The number of carbonyl (C=O) groups is 1. The number of aromatic amines is 1. The Morgan fingerprint density at radius 2 is 1.89 bits per heavy atom. The van der Waals surface area contributed by atoms with Crippen molar-refractivity contribution >= 4 is 23.3 Å². The molecule has 37 heavy (non-hydrogen) atoms. The average molecular weight is 538 g/mol. The molecule has 196 valence electrons. The van der Waals surface area contributed by atoms with E-state index in [1.807, 2.05) is 4.90 Å². The Morgan fingerprint density at radius 1 is 1.19 bits per heavy atom. The topological polar surface area (TPSA) is 91.0 Å². The van der Waals surface area contributed by atoms with E-state index in [1.165, 1.54) is 13.8 Å². The second kappa shape index (κ2) is 10.5. The number of pyridine rings is 1. The first kappa shape index (κ1) is 26.6. The molecule has 1 aliphatic rings. The summed E-state index contributed by atoms with van der Waals surface area (Å²) in [6.07, 6.45) is -2.27. The highest BCUT2D eigenvalue weighted by Crippen LogP contribution is 2.38. The number of alkyl halides is 3. The lowest BCUT2D eigenvalue weighted by atomic mass is 9.95. The van der Waals surface area contributed by atoms with Crippen LogP contribution in [0.15, 0.2) is 35.3 Å². The Morgan fingerprint density at radius 3 is 2.49 bits per heavy atom. The molecule has 1 fully saturated rings. The summed E-state index contributed by atoms with van der Waals surface area (Å²) in [7, 11) is 0. The van der Waals surface area contributed by atoms with Crippen LogP contribution < -0.4 is 15.8 Å². The molecule has 0 radical (unpaired) electrons. The number of halogens is 5. The van der Waals surface area contributed by atoms with E-state index in [0.29, 0.717) is 31.0 Å². The summed E-state index contributed by atoms with van der Waals surface area (Å²) in [6.45, 7) is 3.77. The summed E-state index contributed by atoms with van der Waals surface area (Å²) in [5, 5.41) is 3.16. The van der Waals surface area contributed by atoms with Crippen molar-refractivity contribution < 1.29 is 22.4 Å². The van der Waals surface area contributed by atoms with Crippen LogP contribution in [0.5, 0.6) is 0 Å². The van der Waals surface area contributed by atoms with Crippen molar-refractivity contribution in [1.29, 1.82) is 0 Å². The predicted molar refractivity (Wildman–Crippen MR) is 131 cm³/mol. The normalized spacial score (nSPS) is 14.6. The second-order valence-corrected chi connectivity index (χ2v) is 9.33. The van der Waals surface area contributed by atoms with Crippen LogP contribution in [-0.4, -0.2) is 33.9 Å². The molecule has 7 nitrogen and oxygen atoms in total.